The second kappa shape index (κ2) is 9.53. The van der Waals surface area contributed by atoms with Crippen LogP contribution in [-0.4, -0.2) is 28.7 Å². The molecule has 3 rings (SSSR count). The van der Waals surface area contributed by atoms with Gasteiger partial charge in [-0.25, -0.2) is 0 Å². The predicted molar refractivity (Wildman–Crippen MR) is 106 cm³/mol. The van der Waals surface area contributed by atoms with Crippen molar-refractivity contribution < 1.29 is 18.0 Å². The first kappa shape index (κ1) is 22.7. The predicted octanol–water partition coefficient (Wildman–Crippen LogP) is 4.64. The maximum Gasteiger partial charge on any atom is 0.416 e. The number of rotatable bonds is 3. The third kappa shape index (κ3) is 6.08. The molecule has 0 saturated carbocycles. The maximum atomic E-state index is 12.8. The van der Waals surface area contributed by atoms with E-state index < -0.39 is 11.7 Å². The lowest BCUT2D eigenvalue weighted by atomic mass is 9.91. The fourth-order valence-electron chi connectivity index (χ4n) is 3.26. The number of benzene rings is 1. The van der Waals surface area contributed by atoms with Gasteiger partial charge in [0, 0.05) is 25.4 Å². The van der Waals surface area contributed by atoms with Crippen molar-refractivity contribution in [3.05, 3.63) is 35.4 Å². The summed E-state index contributed by atoms with van der Waals surface area (Å²) in [7, 11) is 0. The molecule has 0 aromatic heterocycles. The van der Waals surface area contributed by atoms with E-state index in [4.69, 9.17) is 4.84 Å². The van der Waals surface area contributed by atoms with E-state index >= 15 is 0 Å². The van der Waals surface area contributed by atoms with Crippen molar-refractivity contribution >= 4 is 47.5 Å². The number of hydrogen-bond acceptors (Lipinski definition) is 3. The van der Waals surface area contributed by atoms with Gasteiger partial charge in [0.1, 0.15) is 10.7 Å². The molecule has 1 saturated heterocycles. The summed E-state index contributed by atoms with van der Waals surface area (Å²) in [5.41, 5.74) is 0.116. The van der Waals surface area contributed by atoms with Gasteiger partial charge in [-0.15, -0.1) is 0 Å². The van der Waals surface area contributed by atoms with Crippen LogP contribution in [0.15, 0.2) is 29.4 Å². The van der Waals surface area contributed by atoms with Crippen molar-refractivity contribution in [1.29, 1.82) is 0 Å². The average Bonchev–Trinajstić information content (AvgIpc) is 2.94. The molecule has 0 N–H and O–H groups in total. The van der Waals surface area contributed by atoms with Gasteiger partial charge in [-0.05, 0) is 46.9 Å². The minimum Gasteiger partial charge on any atom is -0.391 e. The number of oxime groups is 1. The van der Waals surface area contributed by atoms with Gasteiger partial charge in [0.15, 0.2) is 0 Å². The van der Waals surface area contributed by atoms with Crippen LogP contribution >= 0.6 is 42.9 Å². The number of nitrogens with zero attached hydrogens (tertiary/aromatic N) is 2. The van der Waals surface area contributed by atoms with Crippen LogP contribution < -0.4 is 0 Å². The molecule has 0 radical (unpaired) electrons. The second-order valence-electron chi connectivity index (χ2n) is 6.15. The fraction of sp³-hybridized carbons (Fsp3) is 0.562. The lowest BCUT2D eigenvalue weighted by molar-refractivity contribution is -0.137. The van der Waals surface area contributed by atoms with Crippen LogP contribution in [0.2, 0.25) is 0 Å². The molecule has 1 aromatic carbocycles. The Kier molecular flexibility index (Phi) is 8.63. The SMILES string of the molecule is FC(F)(F)c1cccc(CN2CCC[C@H]([C@@H]3CC(Br)=NO3)C2)c1.S.S. The molecule has 2 aliphatic rings. The summed E-state index contributed by atoms with van der Waals surface area (Å²) >= 11 is 3.35. The summed E-state index contributed by atoms with van der Waals surface area (Å²) < 4.78 is 39.2. The highest BCUT2D eigenvalue weighted by molar-refractivity contribution is 9.18. The summed E-state index contributed by atoms with van der Waals surface area (Å²) in [5, 5.41) is 3.93. The third-order valence-electron chi connectivity index (χ3n) is 4.39. The Morgan fingerprint density at radius 2 is 2.04 bits per heavy atom. The molecule has 0 aliphatic carbocycles. The van der Waals surface area contributed by atoms with Crippen LogP contribution in [0, 0.1) is 5.92 Å². The topological polar surface area (TPSA) is 24.8 Å². The summed E-state index contributed by atoms with van der Waals surface area (Å²) in [4.78, 5) is 7.64. The van der Waals surface area contributed by atoms with Crippen molar-refractivity contribution in [2.45, 2.75) is 38.1 Å². The van der Waals surface area contributed by atoms with E-state index in [1.54, 1.807) is 6.07 Å². The quantitative estimate of drug-likeness (QED) is 0.658. The smallest absolute Gasteiger partial charge is 0.391 e. The number of halogens is 4. The van der Waals surface area contributed by atoms with Crippen LogP contribution in [0.5, 0.6) is 0 Å². The molecule has 0 spiro atoms. The maximum absolute atomic E-state index is 12.8. The Balaban J connectivity index is 0.00000156. The molecule has 25 heavy (non-hydrogen) atoms. The molecule has 2 heterocycles. The van der Waals surface area contributed by atoms with Crippen molar-refractivity contribution in [3.8, 4) is 0 Å². The van der Waals surface area contributed by atoms with Crippen LogP contribution in [0.4, 0.5) is 13.2 Å². The third-order valence-corrected chi connectivity index (χ3v) is 4.85. The van der Waals surface area contributed by atoms with Gasteiger partial charge in [-0.1, -0.05) is 23.4 Å². The highest BCUT2D eigenvalue weighted by atomic mass is 79.9. The van der Waals surface area contributed by atoms with E-state index in [-0.39, 0.29) is 33.1 Å². The standard InChI is InChI=1S/C16H18BrF3N2O.2H2S/c17-15-8-14(23-21-15)12-4-2-6-22(10-12)9-11-3-1-5-13(7-11)16(18,19)20;;/h1,3,5,7,12,14H,2,4,6,8-10H2;2*1H2/t12-,14-;;/m0../s1. The molecule has 1 aromatic rings. The van der Waals surface area contributed by atoms with Crippen LogP contribution in [0.25, 0.3) is 0 Å². The van der Waals surface area contributed by atoms with E-state index in [1.165, 1.54) is 12.1 Å². The number of likely N-dealkylation sites (tertiary alicyclic amines) is 1. The number of alkyl halides is 3. The Labute approximate surface area is 168 Å². The molecule has 9 heteroatoms. The van der Waals surface area contributed by atoms with E-state index in [2.05, 4.69) is 26.0 Å². The monoisotopic (exact) mass is 458 g/mol. The number of hydrogen-bond donors (Lipinski definition) is 0. The van der Waals surface area contributed by atoms with Gasteiger partial charge in [0.25, 0.3) is 0 Å². The van der Waals surface area contributed by atoms with E-state index in [1.807, 2.05) is 0 Å². The molecular formula is C16H22BrF3N2OS2. The minimum atomic E-state index is -4.29. The molecule has 0 amide bonds. The van der Waals surface area contributed by atoms with E-state index in [0.717, 1.165) is 43.0 Å². The van der Waals surface area contributed by atoms with Crippen LogP contribution in [0.3, 0.4) is 0 Å². The first-order valence-corrected chi connectivity index (χ1v) is 8.48. The summed E-state index contributed by atoms with van der Waals surface area (Å²) in [6, 6.07) is 5.59. The van der Waals surface area contributed by atoms with Crippen molar-refractivity contribution in [1.82, 2.24) is 4.90 Å². The zero-order valence-electron chi connectivity index (χ0n) is 13.5. The zero-order chi connectivity index (χ0) is 16.4. The molecule has 142 valence electrons. The lowest BCUT2D eigenvalue weighted by Crippen LogP contribution is -2.40. The molecule has 0 unspecified atom stereocenters. The van der Waals surface area contributed by atoms with Gasteiger partial charge >= 0.3 is 6.18 Å². The first-order chi connectivity index (χ1) is 10.9. The van der Waals surface area contributed by atoms with Crippen LogP contribution in [-0.2, 0) is 17.6 Å². The second-order valence-corrected chi connectivity index (χ2v) is 7.07. The Morgan fingerprint density at radius 1 is 1.28 bits per heavy atom. The van der Waals surface area contributed by atoms with Gasteiger partial charge < -0.3 is 4.84 Å². The summed E-state index contributed by atoms with van der Waals surface area (Å²) in [6.07, 6.45) is -1.33. The average molecular weight is 459 g/mol. The normalized spacial score (nSPS) is 23.9. The molecular weight excluding hydrogens is 437 g/mol. The Morgan fingerprint density at radius 3 is 2.68 bits per heavy atom. The van der Waals surface area contributed by atoms with Crippen molar-refractivity contribution in [2.75, 3.05) is 13.1 Å². The molecule has 2 aliphatic heterocycles. The largest absolute Gasteiger partial charge is 0.416 e. The van der Waals surface area contributed by atoms with Gasteiger partial charge in [0.2, 0.25) is 0 Å². The molecule has 0 bridgehead atoms. The van der Waals surface area contributed by atoms with Crippen molar-refractivity contribution in [2.24, 2.45) is 11.1 Å². The number of piperidine rings is 1. The van der Waals surface area contributed by atoms with E-state index in [9.17, 15) is 13.2 Å². The molecule has 1 fully saturated rings. The molecule has 3 nitrogen and oxygen atoms in total. The van der Waals surface area contributed by atoms with Crippen LogP contribution in [0.1, 0.15) is 30.4 Å². The van der Waals surface area contributed by atoms with Gasteiger partial charge in [0.05, 0.1) is 5.56 Å². The van der Waals surface area contributed by atoms with Gasteiger partial charge in [-0.2, -0.15) is 40.2 Å². The lowest BCUT2D eigenvalue weighted by Gasteiger charge is -2.34. The highest BCUT2D eigenvalue weighted by Gasteiger charge is 2.33. The summed E-state index contributed by atoms with van der Waals surface area (Å²) in [6.45, 7) is 2.27. The zero-order valence-corrected chi connectivity index (χ0v) is 17.1. The first-order valence-electron chi connectivity index (χ1n) is 7.68. The molecule has 2 atom stereocenters. The van der Waals surface area contributed by atoms with E-state index in [0.29, 0.717) is 18.0 Å². The van der Waals surface area contributed by atoms with Crippen molar-refractivity contribution in [3.63, 3.8) is 0 Å². The fourth-order valence-corrected chi connectivity index (χ4v) is 3.66. The Bertz CT molecular complexity index is 601. The minimum absolute atomic E-state index is 0. The Hall–Kier alpha value is -0.380. The van der Waals surface area contributed by atoms with Gasteiger partial charge in [-0.3, -0.25) is 4.90 Å². The highest BCUT2D eigenvalue weighted by Crippen LogP contribution is 2.31. The summed E-state index contributed by atoms with van der Waals surface area (Å²) in [5.74, 6) is 0.369.